The van der Waals surface area contributed by atoms with Crippen molar-refractivity contribution in [3.8, 4) is 0 Å². The summed E-state index contributed by atoms with van der Waals surface area (Å²) in [6.45, 7) is 5.87. The second kappa shape index (κ2) is 4.98. The van der Waals surface area contributed by atoms with Crippen LogP contribution in [0.4, 0.5) is 10.5 Å². The second-order valence-corrected chi connectivity index (χ2v) is 4.81. The van der Waals surface area contributed by atoms with Crippen molar-refractivity contribution in [3.63, 3.8) is 0 Å². The van der Waals surface area contributed by atoms with E-state index in [9.17, 15) is 4.79 Å². The predicted octanol–water partition coefficient (Wildman–Crippen LogP) is 4.03. The molecule has 5 heteroatoms. The first-order valence-corrected chi connectivity index (χ1v) is 6.34. The lowest BCUT2D eigenvalue weighted by molar-refractivity contribution is 0.192. The zero-order chi connectivity index (χ0) is 13.3. The molecule has 96 valence electrons. The van der Waals surface area contributed by atoms with E-state index in [1.807, 2.05) is 32.9 Å². The number of rotatable bonds is 2. The number of hydrogen-bond donors (Lipinski definition) is 1. The van der Waals surface area contributed by atoms with Crippen LogP contribution in [0.15, 0.2) is 23.3 Å². The topological polar surface area (TPSA) is 44.7 Å². The van der Waals surface area contributed by atoms with Gasteiger partial charge in [0.25, 0.3) is 0 Å². The monoisotopic (exact) mass is 265 g/mol. The summed E-state index contributed by atoms with van der Waals surface area (Å²) in [4.78, 5) is 12.0. The van der Waals surface area contributed by atoms with E-state index in [0.717, 1.165) is 23.4 Å². The van der Waals surface area contributed by atoms with Gasteiger partial charge in [0.1, 0.15) is 0 Å². The molecule has 1 aliphatic rings. The summed E-state index contributed by atoms with van der Waals surface area (Å²) in [6.07, 6.45) is 0.818. The molecule has 1 aromatic carbocycles. The zero-order valence-corrected chi connectivity index (χ0v) is 11.5. The van der Waals surface area contributed by atoms with Crippen LogP contribution in [0.5, 0.6) is 0 Å². The van der Waals surface area contributed by atoms with Crippen LogP contribution < -0.4 is 5.32 Å². The molecule has 1 aliphatic heterocycles. The van der Waals surface area contributed by atoms with Crippen molar-refractivity contribution in [1.29, 1.82) is 0 Å². The largest absolute Gasteiger partial charge is 0.342 e. The maximum absolute atomic E-state index is 12.0. The molecule has 18 heavy (non-hydrogen) atoms. The van der Waals surface area contributed by atoms with Gasteiger partial charge in [-0.1, -0.05) is 18.5 Å². The van der Waals surface area contributed by atoms with E-state index in [4.69, 9.17) is 11.6 Å². The molecule has 0 fully saturated rings. The van der Waals surface area contributed by atoms with Crippen molar-refractivity contribution in [2.24, 2.45) is 5.10 Å². The summed E-state index contributed by atoms with van der Waals surface area (Å²) in [6, 6.07) is 5.13. The summed E-state index contributed by atoms with van der Waals surface area (Å²) < 4.78 is 0. The van der Waals surface area contributed by atoms with Crippen LogP contribution in [0.2, 0.25) is 5.02 Å². The summed E-state index contributed by atoms with van der Waals surface area (Å²) in [7, 11) is 0. The number of fused-ring (bicyclic) bond motifs is 1. The van der Waals surface area contributed by atoms with Gasteiger partial charge in [0.15, 0.2) is 0 Å². The number of hydrogen-bond acceptors (Lipinski definition) is 2. The van der Waals surface area contributed by atoms with E-state index in [1.165, 1.54) is 5.01 Å². The van der Waals surface area contributed by atoms with Crippen molar-refractivity contribution in [1.82, 2.24) is 5.01 Å². The molecule has 1 unspecified atom stereocenters. The molecular weight excluding hydrogens is 250 g/mol. The van der Waals surface area contributed by atoms with Crippen LogP contribution in [0.25, 0.3) is 0 Å². The predicted molar refractivity (Wildman–Crippen MR) is 74.1 cm³/mol. The zero-order valence-electron chi connectivity index (χ0n) is 10.7. The number of carbonyl (C=O) groups excluding carboxylic acids is 1. The van der Waals surface area contributed by atoms with Gasteiger partial charge >= 0.3 is 6.03 Å². The number of hydrazone groups is 1. The van der Waals surface area contributed by atoms with Crippen LogP contribution in [0.3, 0.4) is 0 Å². The standard InChI is InChI=1S/C13H16ClN3O/c1-4-8(2)16-17-9(3)11-7-10(14)5-6-12(11)15-13(17)18/h5-7,9H,4H2,1-3H3,(H,15,18)/b16-8+. The Morgan fingerprint density at radius 1 is 1.56 bits per heavy atom. The maximum atomic E-state index is 12.0. The van der Waals surface area contributed by atoms with Gasteiger partial charge in [-0.25, -0.2) is 9.80 Å². The maximum Gasteiger partial charge on any atom is 0.342 e. The van der Waals surface area contributed by atoms with Gasteiger partial charge in [-0.3, -0.25) is 0 Å². The molecule has 0 bridgehead atoms. The van der Waals surface area contributed by atoms with Gasteiger partial charge in [0.05, 0.1) is 6.04 Å². The second-order valence-electron chi connectivity index (χ2n) is 4.37. The van der Waals surface area contributed by atoms with Gasteiger partial charge in [-0.15, -0.1) is 0 Å². The molecule has 0 radical (unpaired) electrons. The molecule has 0 aliphatic carbocycles. The van der Waals surface area contributed by atoms with Gasteiger partial charge < -0.3 is 5.32 Å². The van der Waals surface area contributed by atoms with Gasteiger partial charge in [0.2, 0.25) is 0 Å². The summed E-state index contributed by atoms with van der Waals surface area (Å²) in [5, 5.41) is 9.29. The molecule has 4 nitrogen and oxygen atoms in total. The number of halogens is 1. The fraction of sp³-hybridized carbons (Fsp3) is 0.385. The Morgan fingerprint density at radius 2 is 2.28 bits per heavy atom. The first-order chi connectivity index (χ1) is 8.52. The quantitative estimate of drug-likeness (QED) is 0.806. The summed E-state index contributed by atoms with van der Waals surface area (Å²) >= 11 is 5.99. The number of nitrogens with zero attached hydrogens (tertiary/aromatic N) is 2. The van der Waals surface area contributed by atoms with E-state index >= 15 is 0 Å². The van der Waals surface area contributed by atoms with Gasteiger partial charge in [-0.05, 0) is 38.5 Å². The van der Waals surface area contributed by atoms with Crippen LogP contribution in [-0.4, -0.2) is 16.8 Å². The lowest BCUT2D eigenvalue weighted by atomic mass is 10.0. The third-order valence-corrected chi connectivity index (χ3v) is 3.31. The number of nitrogens with one attached hydrogen (secondary N) is 1. The molecule has 1 atom stereocenters. The first-order valence-electron chi connectivity index (χ1n) is 5.96. The fourth-order valence-corrected chi connectivity index (χ4v) is 2.04. The lowest BCUT2D eigenvalue weighted by Gasteiger charge is -2.32. The van der Waals surface area contributed by atoms with Crippen molar-refractivity contribution >= 4 is 29.0 Å². The highest BCUT2D eigenvalue weighted by Crippen LogP contribution is 2.34. The Morgan fingerprint density at radius 3 is 2.94 bits per heavy atom. The molecule has 1 N–H and O–H groups in total. The molecule has 1 aromatic rings. The number of amides is 2. The molecule has 0 saturated carbocycles. The molecule has 0 spiro atoms. The molecule has 2 rings (SSSR count). The molecule has 0 saturated heterocycles. The summed E-state index contributed by atoms with van der Waals surface area (Å²) in [5.74, 6) is 0. The van der Waals surface area contributed by atoms with Crippen LogP contribution in [-0.2, 0) is 0 Å². The SMILES string of the molecule is CC/C(C)=N/N1C(=O)Nc2ccc(Cl)cc2C1C. The van der Waals surface area contributed by atoms with E-state index in [2.05, 4.69) is 10.4 Å². The van der Waals surface area contributed by atoms with Crippen LogP contribution in [0, 0.1) is 0 Å². The smallest absolute Gasteiger partial charge is 0.306 e. The van der Waals surface area contributed by atoms with E-state index in [-0.39, 0.29) is 12.1 Å². The molecule has 0 aromatic heterocycles. The van der Waals surface area contributed by atoms with Crippen LogP contribution >= 0.6 is 11.6 Å². The Bertz CT molecular complexity index is 513. The van der Waals surface area contributed by atoms with Crippen molar-refractivity contribution < 1.29 is 4.79 Å². The minimum atomic E-state index is -0.204. The molecule has 2 amide bonds. The Balaban J connectivity index is 2.40. The third-order valence-electron chi connectivity index (χ3n) is 3.07. The average Bonchev–Trinajstić information content (AvgIpc) is 2.35. The fourth-order valence-electron chi connectivity index (χ4n) is 1.86. The van der Waals surface area contributed by atoms with E-state index in [1.54, 1.807) is 6.07 Å². The average molecular weight is 266 g/mol. The van der Waals surface area contributed by atoms with Crippen molar-refractivity contribution in [2.45, 2.75) is 33.2 Å². The van der Waals surface area contributed by atoms with Crippen molar-refractivity contribution in [3.05, 3.63) is 28.8 Å². The highest BCUT2D eigenvalue weighted by atomic mass is 35.5. The highest BCUT2D eigenvalue weighted by Gasteiger charge is 2.29. The first kappa shape index (κ1) is 12.9. The van der Waals surface area contributed by atoms with Crippen molar-refractivity contribution in [2.75, 3.05) is 5.32 Å². The summed E-state index contributed by atoms with van der Waals surface area (Å²) in [5.41, 5.74) is 2.70. The normalized spacial score (nSPS) is 19.6. The third kappa shape index (κ3) is 2.34. The Kier molecular flexibility index (Phi) is 3.57. The lowest BCUT2D eigenvalue weighted by Crippen LogP contribution is -2.38. The van der Waals surface area contributed by atoms with E-state index in [0.29, 0.717) is 5.02 Å². The number of urea groups is 1. The minimum absolute atomic E-state index is 0.117. The molecular formula is C13H16ClN3O. The van der Waals surface area contributed by atoms with Gasteiger partial charge in [-0.2, -0.15) is 5.10 Å². The Hall–Kier alpha value is -1.55. The van der Waals surface area contributed by atoms with Crippen LogP contribution in [0.1, 0.15) is 38.8 Å². The molecule has 1 heterocycles. The minimum Gasteiger partial charge on any atom is -0.306 e. The number of anilines is 1. The van der Waals surface area contributed by atoms with E-state index < -0.39 is 0 Å². The number of carbonyl (C=O) groups is 1. The Labute approximate surface area is 112 Å². The number of benzene rings is 1. The van der Waals surface area contributed by atoms with Gasteiger partial charge in [0, 0.05) is 22.0 Å². The highest BCUT2D eigenvalue weighted by molar-refractivity contribution is 6.30.